The van der Waals surface area contributed by atoms with Crippen molar-refractivity contribution in [1.29, 1.82) is 0 Å². The van der Waals surface area contributed by atoms with Crippen molar-refractivity contribution >= 4 is 17.6 Å². The van der Waals surface area contributed by atoms with Gasteiger partial charge in [0.2, 0.25) is 5.91 Å². The van der Waals surface area contributed by atoms with Gasteiger partial charge in [0.25, 0.3) is 6.43 Å². The molecule has 1 saturated carbocycles. The molecule has 0 aromatic heterocycles. The van der Waals surface area contributed by atoms with Crippen LogP contribution in [0.25, 0.3) is 0 Å². The molecule has 0 heterocycles. The molecule has 1 aliphatic rings. The standard InChI is InChI=1S/C25H29F2NO4/c1-15(2)28(24(29)17-10-8-16(3)9-11-17)21-13-12-18(14-20(21)25(30)31)32-22-7-5-4-6-19(22)23(26)27/h4-7,12-17,23H,8-11H2,1-3H3,(H,30,31). The molecule has 1 amide bonds. The summed E-state index contributed by atoms with van der Waals surface area (Å²) < 4.78 is 32.1. The number of carboxylic acids is 1. The number of nitrogens with zero attached hydrogens (tertiary/aromatic N) is 1. The fourth-order valence-electron chi connectivity index (χ4n) is 4.20. The number of aromatic carboxylic acids is 1. The molecule has 172 valence electrons. The molecule has 2 aromatic carbocycles. The molecular weight excluding hydrogens is 416 g/mol. The van der Waals surface area contributed by atoms with Crippen LogP contribution in [0.5, 0.6) is 11.5 Å². The molecule has 0 atom stereocenters. The molecule has 0 aliphatic heterocycles. The van der Waals surface area contributed by atoms with Crippen LogP contribution in [0, 0.1) is 11.8 Å². The molecule has 0 spiro atoms. The third kappa shape index (κ3) is 5.26. The van der Waals surface area contributed by atoms with Crippen LogP contribution >= 0.6 is 0 Å². The van der Waals surface area contributed by atoms with Gasteiger partial charge in [0.1, 0.15) is 11.5 Å². The van der Waals surface area contributed by atoms with Gasteiger partial charge in [-0.3, -0.25) is 4.79 Å². The molecule has 1 fully saturated rings. The number of hydrogen-bond donors (Lipinski definition) is 1. The molecule has 32 heavy (non-hydrogen) atoms. The lowest BCUT2D eigenvalue weighted by Gasteiger charge is -2.34. The second kappa shape index (κ2) is 10.1. The number of alkyl halides is 2. The number of carbonyl (C=O) groups excluding carboxylic acids is 1. The van der Waals surface area contributed by atoms with E-state index >= 15 is 0 Å². The largest absolute Gasteiger partial charge is 0.478 e. The summed E-state index contributed by atoms with van der Waals surface area (Å²) >= 11 is 0. The van der Waals surface area contributed by atoms with E-state index in [1.165, 1.54) is 36.4 Å². The predicted octanol–water partition coefficient (Wildman–Crippen LogP) is 6.68. The van der Waals surface area contributed by atoms with Gasteiger partial charge in [0, 0.05) is 12.0 Å². The molecule has 0 bridgehead atoms. The van der Waals surface area contributed by atoms with Gasteiger partial charge in [-0.2, -0.15) is 0 Å². The summed E-state index contributed by atoms with van der Waals surface area (Å²) in [6, 6.07) is 9.79. The summed E-state index contributed by atoms with van der Waals surface area (Å²) in [6.45, 7) is 5.87. The van der Waals surface area contributed by atoms with Gasteiger partial charge >= 0.3 is 5.97 Å². The van der Waals surface area contributed by atoms with Crippen molar-refractivity contribution in [1.82, 2.24) is 0 Å². The summed E-state index contributed by atoms with van der Waals surface area (Å²) in [7, 11) is 0. The summed E-state index contributed by atoms with van der Waals surface area (Å²) in [5.41, 5.74) is -0.104. The van der Waals surface area contributed by atoms with E-state index in [4.69, 9.17) is 4.74 Å². The van der Waals surface area contributed by atoms with E-state index in [9.17, 15) is 23.5 Å². The van der Waals surface area contributed by atoms with Crippen LogP contribution in [0.1, 0.15) is 68.8 Å². The first kappa shape index (κ1) is 23.7. The van der Waals surface area contributed by atoms with Gasteiger partial charge < -0.3 is 14.7 Å². The summed E-state index contributed by atoms with van der Waals surface area (Å²) in [5.74, 6) is -0.770. The number of ether oxygens (including phenoxy) is 1. The summed E-state index contributed by atoms with van der Waals surface area (Å²) in [5, 5.41) is 9.84. The van der Waals surface area contributed by atoms with Crippen molar-refractivity contribution in [2.24, 2.45) is 11.8 Å². The van der Waals surface area contributed by atoms with Crippen LogP contribution in [-0.2, 0) is 4.79 Å². The van der Waals surface area contributed by atoms with E-state index in [1.807, 2.05) is 13.8 Å². The number of halogens is 2. The maximum Gasteiger partial charge on any atom is 0.337 e. The zero-order valence-corrected chi connectivity index (χ0v) is 18.6. The number of carbonyl (C=O) groups is 2. The second-order valence-electron chi connectivity index (χ2n) is 8.68. The number of carboxylic acid groups (broad SMARTS) is 1. The van der Waals surface area contributed by atoms with Crippen molar-refractivity contribution in [3.8, 4) is 11.5 Å². The van der Waals surface area contributed by atoms with Crippen LogP contribution in [0.3, 0.4) is 0 Å². The lowest BCUT2D eigenvalue weighted by atomic mass is 9.82. The van der Waals surface area contributed by atoms with E-state index in [-0.39, 0.29) is 46.2 Å². The molecule has 2 aromatic rings. The van der Waals surface area contributed by atoms with Crippen molar-refractivity contribution in [3.63, 3.8) is 0 Å². The van der Waals surface area contributed by atoms with Crippen LogP contribution < -0.4 is 9.64 Å². The van der Waals surface area contributed by atoms with Crippen LogP contribution in [0.4, 0.5) is 14.5 Å². The SMILES string of the molecule is CC1CCC(C(=O)N(c2ccc(Oc3ccccc3C(F)F)cc2C(=O)O)C(C)C)CC1. The van der Waals surface area contributed by atoms with Crippen molar-refractivity contribution in [2.75, 3.05) is 4.90 Å². The maximum atomic E-state index is 13.3. The minimum atomic E-state index is -2.73. The van der Waals surface area contributed by atoms with Crippen LogP contribution in [0.2, 0.25) is 0 Å². The predicted molar refractivity (Wildman–Crippen MR) is 119 cm³/mol. The lowest BCUT2D eigenvalue weighted by molar-refractivity contribution is -0.123. The van der Waals surface area contributed by atoms with E-state index in [0.717, 1.165) is 25.7 Å². The average Bonchev–Trinajstić information content (AvgIpc) is 2.75. The third-order valence-electron chi connectivity index (χ3n) is 5.96. The number of para-hydroxylation sites is 1. The number of anilines is 1. The zero-order valence-electron chi connectivity index (χ0n) is 18.6. The van der Waals surface area contributed by atoms with E-state index in [0.29, 0.717) is 5.92 Å². The van der Waals surface area contributed by atoms with Gasteiger partial charge in [-0.1, -0.05) is 19.1 Å². The minimum Gasteiger partial charge on any atom is -0.478 e. The number of benzene rings is 2. The van der Waals surface area contributed by atoms with Crippen molar-refractivity contribution in [2.45, 2.75) is 58.9 Å². The normalized spacial score (nSPS) is 18.6. The summed E-state index contributed by atoms with van der Waals surface area (Å²) in [6.07, 6.45) is 0.806. The number of hydrogen-bond acceptors (Lipinski definition) is 3. The Kier molecular flexibility index (Phi) is 7.48. The highest BCUT2D eigenvalue weighted by Crippen LogP contribution is 2.36. The van der Waals surface area contributed by atoms with E-state index in [1.54, 1.807) is 11.0 Å². The molecule has 5 nitrogen and oxygen atoms in total. The maximum absolute atomic E-state index is 13.3. The molecule has 1 aliphatic carbocycles. The Morgan fingerprint density at radius 2 is 1.72 bits per heavy atom. The van der Waals surface area contributed by atoms with E-state index < -0.39 is 12.4 Å². The monoisotopic (exact) mass is 445 g/mol. The Morgan fingerprint density at radius 1 is 1.06 bits per heavy atom. The van der Waals surface area contributed by atoms with Gasteiger partial charge in [0.15, 0.2) is 0 Å². The Balaban J connectivity index is 1.94. The molecule has 1 N–H and O–H groups in total. The minimum absolute atomic E-state index is 0.0419. The zero-order chi connectivity index (χ0) is 23.4. The van der Waals surface area contributed by atoms with Crippen molar-refractivity contribution < 1.29 is 28.2 Å². The molecule has 0 saturated heterocycles. The average molecular weight is 446 g/mol. The highest BCUT2D eigenvalue weighted by atomic mass is 19.3. The van der Waals surface area contributed by atoms with Gasteiger partial charge in [0.05, 0.1) is 16.8 Å². The Hall–Kier alpha value is -2.96. The first-order valence-electron chi connectivity index (χ1n) is 10.9. The first-order chi connectivity index (χ1) is 15.2. The molecule has 0 radical (unpaired) electrons. The Labute approximate surface area is 187 Å². The first-order valence-corrected chi connectivity index (χ1v) is 10.9. The molecule has 0 unspecified atom stereocenters. The topological polar surface area (TPSA) is 66.8 Å². The Morgan fingerprint density at radius 3 is 2.31 bits per heavy atom. The van der Waals surface area contributed by atoms with E-state index in [2.05, 4.69) is 6.92 Å². The van der Waals surface area contributed by atoms with Crippen LogP contribution in [0.15, 0.2) is 42.5 Å². The van der Waals surface area contributed by atoms with Crippen molar-refractivity contribution in [3.05, 3.63) is 53.6 Å². The second-order valence-corrected chi connectivity index (χ2v) is 8.68. The smallest absolute Gasteiger partial charge is 0.337 e. The van der Waals surface area contributed by atoms with Gasteiger partial charge in [-0.05, 0) is 75.8 Å². The van der Waals surface area contributed by atoms with Crippen LogP contribution in [-0.4, -0.2) is 23.0 Å². The Bertz CT molecular complexity index is 968. The van der Waals surface area contributed by atoms with Gasteiger partial charge in [-0.15, -0.1) is 0 Å². The molecule has 7 heteroatoms. The highest BCUT2D eigenvalue weighted by Gasteiger charge is 2.32. The third-order valence-corrected chi connectivity index (χ3v) is 5.96. The lowest BCUT2D eigenvalue weighted by Crippen LogP contribution is -2.42. The number of rotatable bonds is 7. The highest BCUT2D eigenvalue weighted by molar-refractivity contribution is 6.03. The fraction of sp³-hybridized carbons (Fsp3) is 0.440. The fourth-order valence-corrected chi connectivity index (χ4v) is 4.20. The summed E-state index contributed by atoms with van der Waals surface area (Å²) in [4.78, 5) is 26.9. The molecular formula is C25H29F2NO4. The van der Waals surface area contributed by atoms with Gasteiger partial charge in [-0.25, -0.2) is 13.6 Å². The quantitative estimate of drug-likeness (QED) is 0.516. The number of amides is 1. The molecule has 3 rings (SSSR count).